The summed E-state index contributed by atoms with van der Waals surface area (Å²) in [6.07, 6.45) is 1.16. The normalized spacial score (nSPS) is 19.6. The maximum Gasteiger partial charge on any atom is 0.325 e. The molecule has 4 rings (SSSR count). The summed E-state index contributed by atoms with van der Waals surface area (Å²) in [6.45, 7) is 3.34. The molecule has 0 bridgehead atoms. The number of carbonyl (C=O) groups is 3. The number of carbonyl (C=O) groups excluding carboxylic acids is 3. The minimum Gasteiger partial charge on any atom is -0.350 e. The molecule has 0 saturated carbocycles. The molecule has 0 radical (unpaired) electrons. The highest BCUT2D eigenvalue weighted by Gasteiger charge is 2.55. The summed E-state index contributed by atoms with van der Waals surface area (Å²) in [5, 5.41) is 5.52. The monoisotopic (exact) mass is 484 g/mol. The smallest absolute Gasteiger partial charge is 0.325 e. The van der Waals surface area contributed by atoms with Gasteiger partial charge in [0, 0.05) is 12.6 Å². The van der Waals surface area contributed by atoms with Crippen LogP contribution in [0.5, 0.6) is 0 Å². The van der Waals surface area contributed by atoms with Gasteiger partial charge in [-0.05, 0) is 48.9 Å². The molecule has 180 valence electrons. The average molecular weight is 485 g/mol. The van der Waals surface area contributed by atoms with Crippen LogP contribution in [-0.4, -0.2) is 43.7 Å². The predicted molar refractivity (Wildman–Crippen MR) is 126 cm³/mol. The maximum atomic E-state index is 13.1. The second-order valence-electron chi connectivity index (χ2n) is 9.01. The number of hydrogen-bond acceptors (Lipinski definition) is 5. The van der Waals surface area contributed by atoms with Crippen molar-refractivity contribution in [3.05, 3.63) is 70.8 Å². The second kappa shape index (κ2) is 9.19. The van der Waals surface area contributed by atoms with E-state index in [-0.39, 0.29) is 24.9 Å². The predicted octanol–water partition coefficient (Wildman–Crippen LogP) is 1.52. The first-order valence-electron chi connectivity index (χ1n) is 11.2. The molecule has 34 heavy (non-hydrogen) atoms. The van der Waals surface area contributed by atoms with Crippen LogP contribution in [0.3, 0.4) is 0 Å². The van der Waals surface area contributed by atoms with Gasteiger partial charge in [-0.15, -0.1) is 0 Å². The Labute approximate surface area is 199 Å². The van der Waals surface area contributed by atoms with E-state index in [2.05, 4.69) is 15.4 Å². The van der Waals surface area contributed by atoms with Gasteiger partial charge in [-0.1, -0.05) is 48.5 Å². The first-order valence-corrected chi connectivity index (χ1v) is 12.8. The number of hydrogen-bond donors (Lipinski definition) is 3. The van der Waals surface area contributed by atoms with Crippen molar-refractivity contribution in [2.45, 2.75) is 50.6 Å². The molecule has 3 N–H and O–H groups in total. The third kappa shape index (κ3) is 4.83. The number of sulfonamides is 1. The lowest BCUT2D eigenvalue weighted by Gasteiger charge is -2.22. The standard InChI is InChI=1S/C24H28N4O5S/c1-16(2)27-34(32,33)15-18-9-7-17(8-10-18)13-25-21(29)14-28-22(30)24(26-23(28)31)12-11-19-5-3-4-6-20(19)24/h3-10,16,27H,11-15H2,1-2H3,(H,25,29)(H,26,31). The van der Waals surface area contributed by atoms with Gasteiger partial charge >= 0.3 is 6.03 Å². The highest BCUT2D eigenvalue weighted by Crippen LogP contribution is 2.41. The van der Waals surface area contributed by atoms with Crippen molar-refractivity contribution in [1.29, 1.82) is 0 Å². The minimum absolute atomic E-state index is 0.130. The SMILES string of the molecule is CC(C)NS(=O)(=O)Cc1ccc(CNC(=O)CN2C(=O)NC3(CCc4ccccc43)C2=O)cc1. The molecule has 1 fully saturated rings. The lowest BCUT2D eigenvalue weighted by Crippen LogP contribution is -2.43. The van der Waals surface area contributed by atoms with Crippen LogP contribution in [0.2, 0.25) is 0 Å². The molecule has 1 aliphatic heterocycles. The van der Waals surface area contributed by atoms with E-state index in [1.54, 1.807) is 38.1 Å². The summed E-state index contributed by atoms with van der Waals surface area (Å²) < 4.78 is 26.7. The fourth-order valence-electron chi connectivity index (χ4n) is 4.51. The van der Waals surface area contributed by atoms with Crippen molar-refractivity contribution in [1.82, 2.24) is 20.3 Å². The zero-order valence-corrected chi connectivity index (χ0v) is 19.9. The Kier molecular flexibility index (Phi) is 6.46. The van der Waals surface area contributed by atoms with E-state index in [1.165, 1.54) is 0 Å². The lowest BCUT2D eigenvalue weighted by molar-refractivity contribution is -0.135. The molecule has 1 heterocycles. The molecular weight excluding hydrogens is 456 g/mol. The highest BCUT2D eigenvalue weighted by atomic mass is 32.2. The van der Waals surface area contributed by atoms with Crippen molar-refractivity contribution < 1.29 is 22.8 Å². The summed E-state index contributed by atoms with van der Waals surface area (Å²) in [5.41, 5.74) is 2.13. The van der Waals surface area contributed by atoms with Crippen LogP contribution in [0.15, 0.2) is 48.5 Å². The number of amides is 4. The number of rotatable bonds is 8. The van der Waals surface area contributed by atoms with Gasteiger partial charge in [0.2, 0.25) is 15.9 Å². The van der Waals surface area contributed by atoms with Gasteiger partial charge in [0.05, 0.1) is 5.75 Å². The Morgan fingerprint density at radius 3 is 2.47 bits per heavy atom. The van der Waals surface area contributed by atoms with Gasteiger partial charge in [-0.25, -0.2) is 17.9 Å². The largest absolute Gasteiger partial charge is 0.350 e. The Bertz CT molecular complexity index is 1230. The number of urea groups is 1. The third-order valence-electron chi connectivity index (χ3n) is 6.01. The fourth-order valence-corrected chi connectivity index (χ4v) is 5.94. The van der Waals surface area contributed by atoms with E-state index in [9.17, 15) is 22.8 Å². The van der Waals surface area contributed by atoms with Crippen molar-refractivity contribution in [2.24, 2.45) is 0 Å². The number of benzene rings is 2. The van der Waals surface area contributed by atoms with E-state index < -0.39 is 33.4 Å². The molecule has 0 aromatic heterocycles. The Hall–Kier alpha value is -3.24. The second-order valence-corrected chi connectivity index (χ2v) is 10.8. The molecule has 2 aromatic carbocycles. The fraction of sp³-hybridized carbons (Fsp3) is 0.375. The van der Waals surface area contributed by atoms with Crippen LogP contribution in [0.1, 0.15) is 42.5 Å². The molecule has 1 spiro atoms. The van der Waals surface area contributed by atoms with Crippen molar-refractivity contribution in [3.8, 4) is 0 Å². The van der Waals surface area contributed by atoms with Gasteiger partial charge in [-0.3, -0.25) is 14.5 Å². The molecule has 1 unspecified atom stereocenters. The molecule has 1 aliphatic carbocycles. The zero-order valence-electron chi connectivity index (χ0n) is 19.1. The number of aryl methyl sites for hydroxylation is 1. The maximum absolute atomic E-state index is 13.1. The molecule has 10 heteroatoms. The van der Waals surface area contributed by atoms with E-state index >= 15 is 0 Å². The first kappa shape index (κ1) is 23.9. The van der Waals surface area contributed by atoms with Gasteiger partial charge in [0.15, 0.2) is 0 Å². The number of fused-ring (bicyclic) bond motifs is 2. The first-order chi connectivity index (χ1) is 16.1. The summed E-state index contributed by atoms with van der Waals surface area (Å²) in [6, 6.07) is 13.6. The molecule has 1 atom stereocenters. The van der Waals surface area contributed by atoms with Gasteiger partial charge < -0.3 is 10.6 Å². The van der Waals surface area contributed by atoms with E-state index in [4.69, 9.17) is 0 Å². The van der Waals surface area contributed by atoms with Gasteiger partial charge in [0.1, 0.15) is 12.1 Å². The molecule has 1 saturated heterocycles. The molecule has 4 amide bonds. The zero-order chi connectivity index (χ0) is 24.5. The van der Waals surface area contributed by atoms with E-state index in [0.29, 0.717) is 18.4 Å². The van der Waals surface area contributed by atoms with Crippen molar-refractivity contribution >= 4 is 27.9 Å². The summed E-state index contributed by atoms with van der Waals surface area (Å²) >= 11 is 0. The summed E-state index contributed by atoms with van der Waals surface area (Å²) in [7, 11) is -3.42. The van der Waals surface area contributed by atoms with E-state index in [0.717, 1.165) is 21.6 Å². The lowest BCUT2D eigenvalue weighted by atomic mass is 9.92. The molecule has 2 aliphatic rings. The molecule has 9 nitrogen and oxygen atoms in total. The summed E-state index contributed by atoms with van der Waals surface area (Å²) in [4.78, 5) is 39.1. The van der Waals surface area contributed by atoms with Crippen LogP contribution in [0.25, 0.3) is 0 Å². The number of imide groups is 1. The Morgan fingerprint density at radius 2 is 1.76 bits per heavy atom. The molecule has 2 aromatic rings. The van der Waals surface area contributed by atoms with Gasteiger partial charge in [0.25, 0.3) is 5.91 Å². The third-order valence-corrected chi connectivity index (χ3v) is 7.55. The average Bonchev–Trinajstić information content (AvgIpc) is 3.25. The quantitative estimate of drug-likeness (QED) is 0.490. The number of nitrogens with zero attached hydrogens (tertiary/aromatic N) is 1. The van der Waals surface area contributed by atoms with Crippen molar-refractivity contribution in [2.75, 3.05) is 6.54 Å². The molecular formula is C24H28N4O5S. The topological polar surface area (TPSA) is 125 Å². The minimum atomic E-state index is -3.42. The highest BCUT2D eigenvalue weighted by molar-refractivity contribution is 7.88. The summed E-state index contributed by atoms with van der Waals surface area (Å²) in [5.74, 6) is -0.993. The van der Waals surface area contributed by atoms with Crippen LogP contribution in [-0.2, 0) is 43.9 Å². The van der Waals surface area contributed by atoms with Crippen LogP contribution in [0.4, 0.5) is 4.79 Å². The van der Waals surface area contributed by atoms with Crippen LogP contribution >= 0.6 is 0 Å². The Balaban J connectivity index is 1.33. The van der Waals surface area contributed by atoms with Crippen molar-refractivity contribution in [3.63, 3.8) is 0 Å². The van der Waals surface area contributed by atoms with Crippen LogP contribution in [0, 0.1) is 0 Å². The van der Waals surface area contributed by atoms with E-state index in [1.807, 2.05) is 24.3 Å². The number of nitrogens with one attached hydrogen (secondary N) is 3. The van der Waals surface area contributed by atoms with Gasteiger partial charge in [-0.2, -0.15) is 0 Å². The van der Waals surface area contributed by atoms with Crippen LogP contribution < -0.4 is 15.4 Å². The Morgan fingerprint density at radius 1 is 1.09 bits per heavy atom.